The summed E-state index contributed by atoms with van der Waals surface area (Å²) in [6, 6.07) is 8.07. The van der Waals surface area contributed by atoms with Gasteiger partial charge in [-0.05, 0) is 31.2 Å². The minimum atomic E-state index is -0.267. The molecule has 0 heterocycles. The number of nitrogens with one attached hydrogen (secondary N) is 1. The summed E-state index contributed by atoms with van der Waals surface area (Å²) < 4.78 is 0. The quantitative estimate of drug-likeness (QED) is 0.897. The van der Waals surface area contributed by atoms with Gasteiger partial charge in [0, 0.05) is 20.0 Å². The van der Waals surface area contributed by atoms with Gasteiger partial charge in [-0.15, -0.1) is 0 Å². The van der Waals surface area contributed by atoms with Gasteiger partial charge in [-0.25, -0.2) is 0 Å². The highest BCUT2D eigenvalue weighted by molar-refractivity contribution is 5.79. The van der Waals surface area contributed by atoms with Crippen LogP contribution in [0.1, 0.15) is 63.1 Å². The molecule has 1 aliphatic carbocycles. The first-order valence-corrected chi connectivity index (χ1v) is 8.97. The molecule has 24 heavy (non-hydrogen) atoms. The average molecular weight is 330 g/mol. The summed E-state index contributed by atoms with van der Waals surface area (Å²) in [5.74, 6) is 0.543. The lowest BCUT2D eigenvalue weighted by molar-refractivity contribution is -0.134. The summed E-state index contributed by atoms with van der Waals surface area (Å²) in [6.45, 7) is 5.76. The van der Waals surface area contributed by atoms with Crippen molar-refractivity contribution in [1.29, 1.82) is 0 Å². The van der Waals surface area contributed by atoms with Gasteiger partial charge in [0.05, 0.1) is 12.5 Å². The van der Waals surface area contributed by atoms with Crippen molar-refractivity contribution in [2.24, 2.45) is 5.92 Å². The highest BCUT2D eigenvalue weighted by atomic mass is 16.2. The largest absolute Gasteiger partial charge is 0.349 e. The predicted molar refractivity (Wildman–Crippen MR) is 96.5 cm³/mol. The number of aryl methyl sites for hydroxylation is 1. The van der Waals surface area contributed by atoms with E-state index in [1.165, 1.54) is 31.7 Å². The Labute approximate surface area is 145 Å². The van der Waals surface area contributed by atoms with E-state index in [1.807, 2.05) is 43.1 Å². The molecule has 0 saturated heterocycles. The van der Waals surface area contributed by atoms with E-state index in [1.54, 1.807) is 0 Å². The van der Waals surface area contributed by atoms with Gasteiger partial charge in [-0.2, -0.15) is 0 Å². The second-order valence-corrected chi connectivity index (χ2v) is 7.20. The molecule has 1 fully saturated rings. The molecular weight excluding hydrogens is 300 g/mol. The van der Waals surface area contributed by atoms with Crippen molar-refractivity contribution in [1.82, 2.24) is 10.2 Å². The Balaban J connectivity index is 2.08. The molecule has 1 N–H and O–H groups in total. The van der Waals surface area contributed by atoms with Crippen LogP contribution in [-0.4, -0.2) is 29.8 Å². The zero-order chi connectivity index (χ0) is 17.7. The van der Waals surface area contributed by atoms with Crippen molar-refractivity contribution >= 4 is 11.8 Å². The molecule has 3 atom stereocenters. The molecule has 1 saturated carbocycles. The van der Waals surface area contributed by atoms with Crippen LogP contribution < -0.4 is 5.32 Å². The highest BCUT2D eigenvalue weighted by Crippen LogP contribution is 2.28. The van der Waals surface area contributed by atoms with Crippen LogP contribution in [0.4, 0.5) is 0 Å². The Hall–Kier alpha value is -1.84. The van der Waals surface area contributed by atoms with E-state index >= 15 is 0 Å². The molecule has 4 nitrogen and oxygen atoms in total. The molecule has 1 aliphatic rings. The van der Waals surface area contributed by atoms with Gasteiger partial charge in [-0.1, -0.05) is 49.6 Å². The van der Waals surface area contributed by atoms with E-state index in [-0.39, 0.29) is 17.9 Å². The van der Waals surface area contributed by atoms with Gasteiger partial charge in [0.15, 0.2) is 0 Å². The maximum Gasteiger partial charge on any atom is 0.224 e. The highest BCUT2D eigenvalue weighted by Gasteiger charge is 2.29. The molecule has 2 rings (SSSR count). The number of nitrogens with zero attached hydrogens (tertiary/aromatic N) is 1. The number of hydrogen-bond acceptors (Lipinski definition) is 2. The molecule has 1 aromatic carbocycles. The van der Waals surface area contributed by atoms with Crippen LogP contribution in [0.3, 0.4) is 0 Å². The second-order valence-electron chi connectivity index (χ2n) is 7.20. The van der Waals surface area contributed by atoms with Gasteiger partial charge in [0.1, 0.15) is 0 Å². The molecule has 132 valence electrons. The smallest absolute Gasteiger partial charge is 0.224 e. The Bertz CT molecular complexity index is 568. The van der Waals surface area contributed by atoms with E-state index in [0.717, 1.165) is 12.0 Å². The standard InChI is InChI=1S/C20H30N2O2/c1-14-9-11-17(12-10-14)18(21-16(3)23)13-20(24)22(4)19-8-6-5-7-15(19)2/h9-12,15,18-19H,5-8,13H2,1-4H3,(H,21,23). The zero-order valence-corrected chi connectivity index (χ0v) is 15.3. The fraction of sp³-hybridized carbons (Fsp3) is 0.600. The Morgan fingerprint density at radius 2 is 1.83 bits per heavy atom. The van der Waals surface area contributed by atoms with E-state index < -0.39 is 0 Å². The summed E-state index contributed by atoms with van der Waals surface area (Å²) in [6.07, 6.45) is 5.04. The van der Waals surface area contributed by atoms with Gasteiger partial charge in [-0.3, -0.25) is 9.59 Å². The number of carbonyl (C=O) groups excluding carboxylic acids is 2. The van der Waals surface area contributed by atoms with Crippen molar-refractivity contribution in [3.8, 4) is 0 Å². The zero-order valence-electron chi connectivity index (χ0n) is 15.3. The Kier molecular flexibility index (Phi) is 6.41. The summed E-state index contributed by atoms with van der Waals surface area (Å²) in [7, 11) is 1.91. The van der Waals surface area contributed by atoms with Crippen LogP contribution in [-0.2, 0) is 9.59 Å². The second kappa shape index (κ2) is 8.32. The van der Waals surface area contributed by atoms with Crippen LogP contribution in [0.2, 0.25) is 0 Å². The lowest BCUT2D eigenvalue weighted by atomic mass is 9.85. The first-order valence-electron chi connectivity index (χ1n) is 8.97. The Morgan fingerprint density at radius 3 is 2.42 bits per heavy atom. The number of carbonyl (C=O) groups is 2. The van der Waals surface area contributed by atoms with Crippen molar-refractivity contribution in [2.45, 2.75) is 65.0 Å². The van der Waals surface area contributed by atoms with Crippen LogP contribution >= 0.6 is 0 Å². The maximum absolute atomic E-state index is 12.8. The van der Waals surface area contributed by atoms with E-state index in [9.17, 15) is 9.59 Å². The van der Waals surface area contributed by atoms with Crippen LogP contribution in [0.25, 0.3) is 0 Å². The summed E-state index contributed by atoms with van der Waals surface area (Å²) in [5, 5.41) is 2.93. The fourth-order valence-corrected chi connectivity index (χ4v) is 3.67. The first kappa shape index (κ1) is 18.5. The van der Waals surface area contributed by atoms with E-state index in [0.29, 0.717) is 18.4 Å². The molecule has 3 unspecified atom stereocenters. The molecular formula is C20H30N2O2. The van der Waals surface area contributed by atoms with E-state index in [2.05, 4.69) is 12.2 Å². The average Bonchev–Trinajstić information content (AvgIpc) is 2.54. The summed E-state index contributed by atoms with van der Waals surface area (Å²) >= 11 is 0. The lowest BCUT2D eigenvalue weighted by Crippen LogP contribution is -2.44. The minimum absolute atomic E-state index is 0.105. The van der Waals surface area contributed by atoms with Crippen LogP contribution in [0.15, 0.2) is 24.3 Å². The van der Waals surface area contributed by atoms with Crippen LogP contribution in [0.5, 0.6) is 0 Å². The molecule has 4 heteroatoms. The number of rotatable bonds is 5. The van der Waals surface area contributed by atoms with Gasteiger partial charge in [0.2, 0.25) is 11.8 Å². The fourth-order valence-electron chi connectivity index (χ4n) is 3.67. The number of hydrogen-bond donors (Lipinski definition) is 1. The summed E-state index contributed by atoms with van der Waals surface area (Å²) in [4.78, 5) is 26.3. The third-order valence-electron chi connectivity index (χ3n) is 5.19. The van der Waals surface area contributed by atoms with E-state index in [4.69, 9.17) is 0 Å². The van der Waals surface area contributed by atoms with Crippen molar-refractivity contribution in [3.63, 3.8) is 0 Å². The molecule has 0 spiro atoms. The van der Waals surface area contributed by atoms with Crippen LogP contribution in [0, 0.1) is 12.8 Å². The minimum Gasteiger partial charge on any atom is -0.349 e. The van der Waals surface area contributed by atoms with Crippen molar-refractivity contribution < 1.29 is 9.59 Å². The Morgan fingerprint density at radius 1 is 1.21 bits per heavy atom. The molecule has 0 aromatic heterocycles. The normalized spacial score (nSPS) is 21.8. The van der Waals surface area contributed by atoms with Gasteiger partial charge < -0.3 is 10.2 Å². The van der Waals surface area contributed by atoms with Crippen molar-refractivity contribution in [2.75, 3.05) is 7.05 Å². The molecule has 0 bridgehead atoms. The van der Waals surface area contributed by atoms with Crippen molar-refractivity contribution in [3.05, 3.63) is 35.4 Å². The third kappa shape index (κ3) is 4.83. The predicted octanol–water partition coefficient (Wildman–Crippen LogP) is 3.60. The van der Waals surface area contributed by atoms with Gasteiger partial charge >= 0.3 is 0 Å². The monoisotopic (exact) mass is 330 g/mol. The summed E-state index contributed by atoms with van der Waals surface area (Å²) in [5.41, 5.74) is 2.15. The molecule has 0 radical (unpaired) electrons. The molecule has 1 aromatic rings. The molecule has 0 aliphatic heterocycles. The topological polar surface area (TPSA) is 49.4 Å². The first-order chi connectivity index (χ1) is 11.4. The number of amides is 2. The third-order valence-corrected chi connectivity index (χ3v) is 5.19. The number of benzene rings is 1. The SMILES string of the molecule is CC(=O)NC(CC(=O)N(C)C1CCCCC1C)c1ccc(C)cc1. The maximum atomic E-state index is 12.8. The molecule has 2 amide bonds. The lowest BCUT2D eigenvalue weighted by Gasteiger charge is -2.37. The van der Waals surface area contributed by atoms with Gasteiger partial charge in [0.25, 0.3) is 0 Å².